The molecule has 0 bridgehead atoms. The normalized spacial score (nSPS) is 11.7. The SMILES string of the molecule is Cc1cc(-c2cc(Cl)cc(C(N)=NO)c2-c2c(C)noc2C)ccc1O.Cc1cc(-c2cc(Cl)cc(C(N)=NO)c2-c2ccccc2C)ccc1O. The first-order valence-electron chi connectivity index (χ1n) is 16.0. The van der Waals surface area contributed by atoms with Gasteiger partial charge in [-0.3, -0.25) is 0 Å². The Balaban J connectivity index is 0.000000201. The summed E-state index contributed by atoms with van der Waals surface area (Å²) in [5, 5.41) is 49.4. The van der Waals surface area contributed by atoms with Gasteiger partial charge in [0.25, 0.3) is 0 Å². The highest BCUT2D eigenvalue weighted by Crippen LogP contribution is 2.42. The van der Waals surface area contributed by atoms with Crippen LogP contribution in [0.4, 0.5) is 0 Å². The number of phenols is 2. The number of oxime groups is 2. The van der Waals surface area contributed by atoms with Crippen LogP contribution >= 0.6 is 23.2 Å². The Labute approximate surface area is 310 Å². The summed E-state index contributed by atoms with van der Waals surface area (Å²) < 4.78 is 5.32. The predicted molar refractivity (Wildman–Crippen MR) is 207 cm³/mol. The van der Waals surface area contributed by atoms with Gasteiger partial charge in [0.15, 0.2) is 11.7 Å². The summed E-state index contributed by atoms with van der Waals surface area (Å²) in [5.41, 5.74) is 22.7. The molecule has 8 N–H and O–H groups in total. The summed E-state index contributed by atoms with van der Waals surface area (Å²) in [5.74, 6) is 0.950. The fraction of sp³-hybridized carbons (Fsp3) is 0.125. The van der Waals surface area contributed by atoms with E-state index in [4.69, 9.17) is 39.2 Å². The summed E-state index contributed by atoms with van der Waals surface area (Å²) in [4.78, 5) is 0. The van der Waals surface area contributed by atoms with Crippen molar-refractivity contribution in [2.24, 2.45) is 21.8 Å². The third kappa shape index (κ3) is 7.53. The van der Waals surface area contributed by atoms with E-state index in [0.29, 0.717) is 38.2 Å². The standard InChI is InChI=1S/C21H19ClN2O2.C19H18ClN3O3/c1-12-5-3-4-6-16(12)20-17(14-7-8-19(25)13(2)9-14)10-15(22)11-18(20)21(23)24-26;1-9-6-12(4-5-16(9)24)14-7-13(20)8-15(19(21)22-25)18(14)17-10(2)23-26-11(17)3/h3-11,25-26H,1-2H3,(H2,23,24);4-8,24-25H,1-3H3,(H2,21,22). The first-order chi connectivity index (χ1) is 24.7. The van der Waals surface area contributed by atoms with Gasteiger partial charge in [0.1, 0.15) is 17.3 Å². The van der Waals surface area contributed by atoms with Crippen molar-refractivity contribution in [2.45, 2.75) is 34.6 Å². The van der Waals surface area contributed by atoms with Crippen molar-refractivity contribution in [1.82, 2.24) is 5.16 Å². The Kier molecular flexibility index (Phi) is 11.1. The zero-order chi connectivity index (χ0) is 37.9. The van der Waals surface area contributed by atoms with Crippen LogP contribution in [0.25, 0.3) is 44.5 Å². The molecule has 1 aromatic heterocycles. The molecular weight excluding hydrogens is 701 g/mol. The lowest BCUT2D eigenvalue weighted by Gasteiger charge is -2.18. The van der Waals surface area contributed by atoms with E-state index >= 15 is 0 Å². The van der Waals surface area contributed by atoms with Crippen molar-refractivity contribution < 1.29 is 25.2 Å². The van der Waals surface area contributed by atoms with Gasteiger partial charge >= 0.3 is 0 Å². The van der Waals surface area contributed by atoms with E-state index in [2.05, 4.69) is 15.5 Å². The molecule has 0 saturated heterocycles. The lowest BCUT2D eigenvalue weighted by molar-refractivity contribution is 0.318. The van der Waals surface area contributed by atoms with Crippen LogP contribution in [0.5, 0.6) is 11.5 Å². The number of phenolic OH excluding ortho intramolecular Hbond substituents is 2. The largest absolute Gasteiger partial charge is 0.508 e. The maximum Gasteiger partial charge on any atom is 0.170 e. The van der Waals surface area contributed by atoms with Gasteiger partial charge in [0.05, 0.1) is 5.69 Å². The van der Waals surface area contributed by atoms with Crippen LogP contribution in [0.1, 0.15) is 39.3 Å². The molecule has 266 valence electrons. The number of rotatable bonds is 6. The van der Waals surface area contributed by atoms with Crippen LogP contribution in [0.3, 0.4) is 0 Å². The maximum atomic E-state index is 9.86. The second kappa shape index (κ2) is 15.5. The Morgan fingerprint density at radius 2 is 1.08 bits per heavy atom. The summed E-state index contributed by atoms with van der Waals surface area (Å²) in [6, 6.07) is 25.5. The number of aryl methyl sites for hydroxylation is 5. The van der Waals surface area contributed by atoms with Gasteiger partial charge in [-0.15, -0.1) is 0 Å². The molecule has 5 aromatic carbocycles. The van der Waals surface area contributed by atoms with Crippen LogP contribution in [0.15, 0.2) is 99.8 Å². The van der Waals surface area contributed by atoms with Crippen LogP contribution < -0.4 is 11.5 Å². The van der Waals surface area contributed by atoms with Gasteiger partial charge in [0.2, 0.25) is 0 Å². The molecule has 0 aliphatic rings. The molecule has 52 heavy (non-hydrogen) atoms. The Hall–Kier alpha value is -5.97. The minimum Gasteiger partial charge on any atom is -0.508 e. The average Bonchev–Trinajstić information content (AvgIpc) is 3.46. The first-order valence-corrected chi connectivity index (χ1v) is 16.7. The number of halogens is 2. The number of hydrogen-bond acceptors (Lipinski definition) is 8. The fourth-order valence-corrected chi connectivity index (χ4v) is 6.52. The van der Waals surface area contributed by atoms with Gasteiger partial charge < -0.3 is 36.6 Å². The summed E-state index contributed by atoms with van der Waals surface area (Å²) in [6.45, 7) is 9.27. The summed E-state index contributed by atoms with van der Waals surface area (Å²) in [6.07, 6.45) is 0. The average molecular weight is 739 g/mol. The third-order valence-corrected chi connectivity index (χ3v) is 9.12. The molecule has 12 heteroatoms. The summed E-state index contributed by atoms with van der Waals surface area (Å²) in [7, 11) is 0. The molecular formula is C40H37Cl2N5O5. The van der Waals surface area contributed by atoms with Crippen LogP contribution in [0.2, 0.25) is 10.0 Å². The van der Waals surface area contributed by atoms with Gasteiger partial charge in [0, 0.05) is 37.9 Å². The van der Waals surface area contributed by atoms with Gasteiger partial charge in [-0.1, -0.05) is 75.1 Å². The van der Waals surface area contributed by atoms with Crippen molar-refractivity contribution in [1.29, 1.82) is 0 Å². The van der Waals surface area contributed by atoms with E-state index in [1.54, 1.807) is 43.3 Å². The second-order valence-electron chi connectivity index (χ2n) is 12.2. The molecule has 0 amide bonds. The number of aromatic nitrogens is 1. The van der Waals surface area contributed by atoms with E-state index < -0.39 is 0 Å². The molecule has 0 saturated carbocycles. The number of aromatic hydroxyl groups is 2. The Bertz CT molecular complexity index is 2350. The van der Waals surface area contributed by atoms with Crippen molar-refractivity contribution in [3.63, 3.8) is 0 Å². The molecule has 0 radical (unpaired) electrons. The number of benzene rings is 5. The van der Waals surface area contributed by atoms with E-state index in [0.717, 1.165) is 55.6 Å². The first kappa shape index (κ1) is 37.3. The molecule has 0 unspecified atom stereocenters. The summed E-state index contributed by atoms with van der Waals surface area (Å²) >= 11 is 12.6. The zero-order valence-electron chi connectivity index (χ0n) is 29.0. The van der Waals surface area contributed by atoms with Crippen molar-refractivity contribution in [3.05, 3.63) is 134 Å². The lowest BCUT2D eigenvalue weighted by atomic mass is 9.87. The fourth-order valence-electron chi connectivity index (χ4n) is 6.08. The molecule has 0 aliphatic heterocycles. The molecule has 1 heterocycles. The van der Waals surface area contributed by atoms with Gasteiger partial charge in [-0.05, 0) is 128 Å². The smallest absolute Gasteiger partial charge is 0.170 e. The van der Waals surface area contributed by atoms with Gasteiger partial charge in [-0.25, -0.2) is 0 Å². The van der Waals surface area contributed by atoms with Crippen molar-refractivity contribution >= 4 is 34.9 Å². The highest BCUT2D eigenvalue weighted by Gasteiger charge is 2.23. The maximum absolute atomic E-state index is 9.86. The number of nitrogens with zero attached hydrogens (tertiary/aromatic N) is 3. The molecule has 6 aromatic rings. The second-order valence-corrected chi connectivity index (χ2v) is 13.1. The van der Waals surface area contributed by atoms with Crippen molar-refractivity contribution in [3.8, 4) is 56.0 Å². The van der Waals surface area contributed by atoms with Crippen LogP contribution in [-0.2, 0) is 0 Å². The van der Waals surface area contributed by atoms with E-state index in [9.17, 15) is 20.6 Å². The molecule has 10 nitrogen and oxygen atoms in total. The molecule has 6 rings (SSSR count). The predicted octanol–water partition coefficient (Wildman–Crippen LogP) is 9.48. The van der Waals surface area contributed by atoms with Crippen LogP contribution in [-0.4, -0.2) is 37.5 Å². The topological polar surface area (TPSA) is 184 Å². The number of amidine groups is 2. The van der Waals surface area contributed by atoms with Crippen LogP contribution in [0, 0.1) is 34.6 Å². The minimum absolute atomic E-state index is 0.0116. The molecule has 0 spiro atoms. The molecule has 0 atom stereocenters. The van der Waals surface area contributed by atoms with E-state index in [1.807, 2.05) is 76.2 Å². The third-order valence-electron chi connectivity index (χ3n) is 8.69. The zero-order valence-corrected chi connectivity index (χ0v) is 30.5. The monoisotopic (exact) mass is 737 g/mol. The quantitative estimate of drug-likeness (QED) is 0.0422. The minimum atomic E-state index is -0.0701. The lowest BCUT2D eigenvalue weighted by Crippen LogP contribution is -2.15. The highest BCUT2D eigenvalue weighted by atomic mass is 35.5. The molecule has 0 aliphatic carbocycles. The Morgan fingerprint density at radius 1 is 0.596 bits per heavy atom. The van der Waals surface area contributed by atoms with E-state index in [1.165, 1.54) is 0 Å². The highest BCUT2D eigenvalue weighted by molar-refractivity contribution is 6.32. The Morgan fingerprint density at radius 3 is 1.52 bits per heavy atom. The number of nitrogens with two attached hydrogens (primary N) is 2. The van der Waals surface area contributed by atoms with E-state index in [-0.39, 0.29) is 23.2 Å². The molecule has 0 fully saturated rings. The van der Waals surface area contributed by atoms with Gasteiger partial charge in [-0.2, -0.15) is 0 Å². The number of hydrogen-bond donors (Lipinski definition) is 6. The van der Waals surface area contributed by atoms with Crippen molar-refractivity contribution in [2.75, 3.05) is 0 Å².